The van der Waals surface area contributed by atoms with E-state index in [1.165, 1.54) is 24.9 Å². The minimum Gasteiger partial charge on any atom is -0.370 e. The first-order chi connectivity index (χ1) is 16.0. The minimum absolute atomic E-state index is 0.200. The summed E-state index contributed by atoms with van der Waals surface area (Å²) in [6.45, 7) is 7.69. The van der Waals surface area contributed by atoms with Gasteiger partial charge in [0.15, 0.2) is 5.65 Å². The fourth-order valence-corrected chi connectivity index (χ4v) is 5.63. The van der Waals surface area contributed by atoms with E-state index in [0.29, 0.717) is 5.92 Å². The van der Waals surface area contributed by atoms with E-state index in [9.17, 15) is 4.79 Å². The highest BCUT2D eigenvalue weighted by Crippen LogP contribution is 2.36. The van der Waals surface area contributed by atoms with Crippen LogP contribution in [0.4, 0.5) is 5.69 Å². The topological polar surface area (TPSA) is 74.6 Å². The highest BCUT2D eigenvalue weighted by Gasteiger charge is 2.37. The first-order valence-corrected chi connectivity index (χ1v) is 12.2. The highest BCUT2D eigenvalue weighted by molar-refractivity contribution is 5.90. The number of carbonyl (C=O) groups is 1. The molecule has 1 saturated carbocycles. The number of piperidine rings is 1. The summed E-state index contributed by atoms with van der Waals surface area (Å²) in [6, 6.07) is 13.7. The van der Waals surface area contributed by atoms with Crippen molar-refractivity contribution in [2.24, 2.45) is 11.8 Å². The van der Waals surface area contributed by atoms with E-state index in [1.807, 2.05) is 13.1 Å². The number of benzene rings is 1. The molecular formula is C26H34N6O. The normalized spacial score (nSPS) is 25.8. The quantitative estimate of drug-likeness (QED) is 0.645. The first kappa shape index (κ1) is 21.9. The number of hydrogen-bond acceptors (Lipinski definition) is 5. The van der Waals surface area contributed by atoms with Crippen LogP contribution < -0.4 is 15.5 Å². The van der Waals surface area contributed by atoms with E-state index >= 15 is 0 Å². The molecule has 0 radical (unpaired) electrons. The number of amides is 1. The zero-order chi connectivity index (χ0) is 22.9. The van der Waals surface area contributed by atoms with Gasteiger partial charge in [-0.3, -0.25) is 4.79 Å². The van der Waals surface area contributed by atoms with Gasteiger partial charge in [-0.05, 0) is 61.8 Å². The Morgan fingerprint density at radius 1 is 1.18 bits per heavy atom. The molecule has 3 aromatic rings. The van der Waals surface area contributed by atoms with Gasteiger partial charge >= 0.3 is 0 Å². The van der Waals surface area contributed by atoms with Gasteiger partial charge in [-0.1, -0.05) is 37.3 Å². The van der Waals surface area contributed by atoms with E-state index in [-0.39, 0.29) is 11.7 Å². The van der Waals surface area contributed by atoms with Crippen LogP contribution in [0, 0.1) is 18.8 Å². The van der Waals surface area contributed by atoms with Crippen LogP contribution in [0.1, 0.15) is 53.8 Å². The smallest absolute Gasteiger partial charge is 0.290 e. The van der Waals surface area contributed by atoms with Gasteiger partial charge in [-0.2, -0.15) is 0 Å². The average molecular weight is 447 g/mol. The molecule has 2 N–H and O–H groups in total. The third kappa shape index (κ3) is 4.34. The number of rotatable bonds is 3. The first-order valence-electron chi connectivity index (χ1n) is 12.2. The predicted molar refractivity (Wildman–Crippen MR) is 131 cm³/mol. The van der Waals surface area contributed by atoms with Crippen LogP contribution in [0.3, 0.4) is 0 Å². The largest absolute Gasteiger partial charge is 0.370 e. The SMILES string of the molecule is CC1C2CCC1NC2.CNC(=O)c1nc2c(C)cc(N3CCC(c4ccccc4)C3)cn2n1. The van der Waals surface area contributed by atoms with Crippen LogP contribution in [0.25, 0.3) is 5.65 Å². The van der Waals surface area contributed by atoms with E-state index in [2.05, 4.69) is 68.9 Å². The molecule has 2 aliphatic heterocycles. The number of anilines is 1. The molecular weight excluding hydrogens is 412 g/mol. The maximum Gasteiger partial charge on any atom is 0.290 e. The lowest BCUT2D eigenvalue weighted by atomic mass is 9.99. The molecule has 4 unspecified atom stereocenters. The second kappa shape index (κ2) is 9.14. The Kier molecular flexibility index (Phi) is 6.06. The van der Waals surface area contributed by atoms with Gasteiger partial charge in [0, 0.05) is 32.1 Å². The van der Waals surface area contributed by atoms with Gasteiger partial charge in [-0.25, -0.2) is 9.50 Å². The molecule has 1 amide bonds. The molecule has 174 valence electrons. The minimum atomic E-state index is -0.269. The molecule has 2 aromatic heterocycles. The molecule has 1 aromatic carbocycles. The maximum absolute atomic E-state index is 11.8. The van der Waals surface area contributed by atoms with Crippen molar-refractivity contribution in [3.8, 4) is 0 Å². The lowest BCUT2D eigenvalue weighted by molar-refractivity contribution is 0.0953. The Labute approximate surface area is 195 Å². The van der Waals surface area contributed by atoms with Crippen LogP contribution in [0.2, 0.25) is 0 Å². The Hall–Kier alpha value is -2.93. The molecule has 3 fully saturated rings. The van der Waals surface area contributed by atoms with E-state index < -0.39 is 0 Å². The molecule has 0 spiro atoms. The molecule has 7 heteroatoms. The number of nitrogens with one attached hydrogen (secondary N) is 2. The Morgan fingerprint density at radius 3 is 2.61 bits per heavy atom. The molecule has 6 rings (SSSR count). The number of hydrogen-bond donors (Lipinski definition) is 2. The summed E-state index contributed by atoms with van der Waals surface area (Å²) in [7, 11) is 1.58. The van der Waals surface area contributed by atoms with Crippen molar-refractivity contribution >= 4 is 17.2 Å². The zero-order valence-electron chi connectivity index (χ0n) is 19.8. The van der Waals surface area contributed by atoms with Gasteiger partial charge in [0.25, 0.3) is 5.91 Å². The summed E-state index contributed by atoms with van der Waals surface area (Å²) < 4.78 is 1.71. The van der Waals surface area contributed by atoms with E-state index in [4.69, 9.17) is 0 Å². The van der Waals surface area contributed by atoms with Gasteiger partial charge in [0.1, 0.15) is 0 Å². The summed E-state index contributed by atoms with van der Waals surface area (Å²) in [4.78, 5) is 18.5. The monoisotopic (exact) mass is 446 g/mol. The van der Waals surface area contributed by atoms with Crippen LogP contribution in [-0.4, -0.2) is 53.2 Å². The van der Waals surface area contributed by atoms with Gasteiger partial charge in [0.2, 0.25) is 5.82 Å². The lowest BCUT2D eigenvalue weighted by Gasteiger charge is -2.19. The molecule has 33 heavy (non-hydrogen) atoms. The summed E-state index contributed by atoms with van der Waals surface area (Å²) in [5.74, 6) is 2.49. The van der Waals surface area contributed by atoms with E-state index in [1.54, 1.807) is 11.6 Å². The number of aryl methyl sites for hydroxylation is 1. The maximum atomic E-state index is 11.8. The molecule has 7 nitrogen and oxygen atoms in total. The summed E-state index contributed by atoms with van der Waals surface area (Å²) in [6.07, 6.45) is 6.03. The number of aromatic nitrogens is 3. The number of fused-ring (bicyclic) bond motifs is 3. The standard InChI is InChI=1S/C19H21N5O.C7H13N/c1-13-10-16(12-24-18(13)21-17(22-24)19(25)20-2)23-9-8-15(11-23)14-6-4-3-5-7-14;1-5-6-2-3-7(5)8-4-6/h3-7,10,12,15H,8-9,11H2,1-2H3,(H,20,25);5-8H,2-4H2,1H3. The molecule has 4 heterocycles. The van der Waals surface area contributed by atoms with Crippen molar-refractivity contribution < 1.29 is 4.79 Å². The Balaban J connectivity index is 0.000000238. The molecule has 4 atom stereocenters. The van der Waals surface area contributed by atoms with Crippen molar-refractivity contribution in [2.75, 3.05) is 31.6 Å². The van der Waals surface area contributed by atoms with Crippen molar-refractivity contribution in [1.82, 2.24) is 25.2 Å². The zero-order valence-corrected chi connectivity index (χ0v) is 19.8. The molecule has 2 bridgehead atoms. The summed E-state index contributed by atoms with van der Waals surface area (Å²) in [5, 5.41) is 10.4. The number of pyridine rings is 1. The van der Waals surface area contributed by atoms with Crippen LogP contribution in [0.5, 0.6) is 0 Å². The van der Waals surface area contributed by atoms with Crippen molar-refractivity contribution in [3.63, 3.8) is 0 Å². The number of carbonyl (C=O) groups excluding carboxylic acids is 1. The van der Waals surface area contributed by atoms with Crippen molar-refractivity contribution in [2.45, 2.75) is 45.1 Å². The fourth-order valence-electron chi connectivity index (χ4n) is 5.63. The lowest BCUT2D eigenvalue weighted by Crippen LogP contribution is -2.25. The Bertz CT molecular complexity index is 1110. The molecule has 2 saturated heterocycles. The summed E-state index contributed by atoms with van der Waals surface area (Å²) >= 11 is 0. The van der Waals surface area contributed by atoms with Crippen LogP contribution in [-0.2, 0) is 0 Å². The fraction of sp³-hybridized carbons (Fsp3) is 0.500. The van der Waals surface area contributed by atoms with Gasteiger partial charge < -0.3 is 15.5 Å². The van der Waals surface area contributed by atoms with Crippen molar-refractivity contribution in [1.29, 1.82) is 0 Å². The second-order valence-corrected chi connectivity index (χ2v) is 9.72. The van der Waals surface area contributed by atoms with Gasteiger partial charge in [0.05, 0.1) is 11.9 Å². The predicted octanol–water partition coefficient (Wildman–Crippen LogP) is 3.40. The van der Waals surface area contributed by atoms with Crippen molar-refractivity contribution in [3.05, 3.63) is 59.5 Å². The van der Waals surface area contributed by atoms with Crippen LogP contribution >= 0.6 is 0 Å². The Morgan fingerprint density at radius 2 is 2.00 bits per heavy atom. The summed E-state index contributed by atoms with van der Waals surface area (Å²) in [5.41, 5.74) is 4.26. The van der Waals surface area contributed by atoms with Crippen LogP contribution in [0.15, 0.2) is 42.6 Å². The average Bonchev–Trinajstić information content (AvgIpc) is 3.64. The second-order valence-electron chi connectivity index (χ2n) is 9.72. The number of nitrogens with zero attached hydrogens (tertiary/aromatic N) is 4. The third-order valence-electron chi connectivity index (χ3n) is 7.73. The van der Waals surface area contributed by atoms with E-state index in [0.717, 1.165) is 54.3 Å². The third-order valence-corrected chi connectivity index (χ3v) is 7.73. The highest BCUT2D eigenvalue weighted by atomic mass is 16.2. The molecule has 1 aliphatic carbocycles. The molecule has 3 aliphatic rings. The van der Waals surface area contributed by atoms with Gasteiger partial charge in [-0.15, -0.1) is 5.10 Å².